The van der Waals surface area contributed by atoms with Gasteiger partial charge in [-0.15, -0.1) is 16.9 Å². The van der Waals surface area contributed by atoms with Crippen molar-refractivity contribution in [2.45, 2.75) is 37.8 Å². The molecule has 0 radical (unpaired) electrons. The molecule has 0 spiro atoms. The second kappa shape index (κ2) is 6.73. The van der Waals surface area contributed by atoms with Crippen LogP contribution in [0.3, 0.4) is 0 Å². The third-order valence-electron chi connectivity index (χ3n) is 2.87. The van der Waals surface area contributed by atoms with Gasteiger partial charge >= 0.3 is 0 Å². The Morgan fingerprint density at radius 3 is 2.63 bits per heavy atom. The first kappa shape index (κ1) is 14.1. The number of hydrogen-bond donors (Lipinski definition) is 1. The fraction of sp³-hybridized carbons (Fsp3) is 0.429. The highest BCUT2D eigenvalue weighted by molar-refractivity contribution is 7.99. The van der Waals surface area contributed by atoms with E-state index in [9.17, 15) is 5.11 Å². The molecule has 0 aliphatic carbocycles. The van der Waals surface area contributed by atoms with Crippen LogP contribution in [0, 0.1) is 0 Å². The van der Waals surface area contributed by atoms with Crippen LogP contribution in [0.1, 0.15) is 37.6 Å². The summed E-state index contributed by atoms with van der Waals surface area (Å²) in [7, 11) is 0. The molecule has 2 rings (SSSR count). The van der Waals surface area contributed by atoms with Crippen molar-refractivity contribution in [2.24, 2.45) is 0 Å². The Balaban J connectivity index is 2.18. The van der Waals surface area contributed by atoms with Crippen LogP contribution in [0.5, 0.6) is 0 Å². The molecule has 0 aliphatic heterocycles. The van der Waals surface area contributed by atoms with Crippen LogP contribution < -0.4 is 0 Å². The van der Waals surface area contributed by atoms with Gasteiger partial charge in [-0.1, -0.05) is 31.2 Å². The van der Waals surface area contributed by atoms with Crippen LogP contribution in [0.4, 0.5) is 0 Å². The molecular formula is C14H19N3OS. The molecule has 0 aliphatic rings. The molecule has 1 aromatic carbocycles. The van der Waals surface area contributed by atoms with Gasteiger partial charge in [0.05, 0.1) is 11.9 Å². The number of aliphatic hydroxyl groups excluding tert-OH is 1. The van der Waals surface area contributed by atoms with E-state index in [0.717, 1.165) is 30.0 Å². The topological polar surface area (TPSA) is 50.9 Å². The molecular weight excluding hydrogens is 258 g/mol. The van der Waals surface area contributed by atoms with Crippen molar-refractivity contribution in [1.82, 2.24) is 15.0 Å². The first-order valence-electron chi connectivity index (χ1n) is 6.55. The average molecular weight is 277 g/mol. The quantitative estimate of drug-likeness (QED) is 0.825. The Hall–Kier alpha value is -1.33. The normalized spacial score (nSPS) is 12.6. The van der Waals surface area contributed by atoms with Gasteiger partial charge in [0.15, 0.2) is 0 Å². The van der Waals surface area contributed by atoms with E-state index < -0.39 is 6.10 Å². The predicted molar refractivity (Wildman–Crippen MR) is 77.2 cm³/mol. The van der Waals surface area contributed by atoms with E-state index in [1.165, 1.54) is 4.90 Å². The van der Waals surface area contributed by atoms with Gasteiger partial charge in [-0.3, -0.25) is 0 Å². The zero-order chi connectivity index (χ0) is 13.7. The monoisotopic (exact) mass is 277 g/mol. The highest BCUT2D eigenvalue weighted by atomic mass is 32.2. The van der Waals surface area contributed by atoms with Crippen molar-refractivity contribution in [1.29, 1.82) is 0 Å². The molecule has 5 heteroatoms. The SMILES string of the molecule is CCCn1nncc1C(O)c1ccc(SCC)cc1. The van der Waals surface area contributed by atoms with E-state index in [-0.39, 0.29) is 0 Å². The first-order chi connectivity index (χ1) is 9.26. The maximum absolute atomic E-state index is 10.4. The van der Waals surface area contributed by atoms with Crippen LogP contribution in [0.2, 0.25) is 0 Å². The van der Waals surface area contributed by atoms with Crippen LogP contribution in [0.15, 0.2) is 35.4 Å². The Morgan fingerprint density at radius 2 is 2.00 bits per heavy atom. The van der Waals surface area contributed by atoms with Crippen molar-refractivity contribution < 1.29 is 5.11 Å². The molecule has 1 atom stereocenters. The van der Waals surface area contributed by atoms with E-state index in [4.69, 9.17) is 0 Å². The van der Waals surface area contributed by atoms with E-state index in [1.807, 2.05) is 24.3 Å². The number of rotatable bonds is 6. The van der Waals surface area contributed by atoms with Gasteiger partial charge in [0.1, 0.15) is 6.10 Å². The Morgan fingerprint density at radius 1 is 1.26 bits per heavy atom. The molecule has 0 amide bonds. The molecule has 1 aromatic heterocycles. The van der Waals surface area contributed by atoms with Crippen molar-refractivity contribution in [3.8, 4) is 0 Å². The summed E-state index contributed by atoms with van der Waals surface area (Å²) in [4.78, 5) is 1.22. The molecule has 0 bridgehead atoms. The van der Waals surface area contributed by atoms with Crippen molar-refractivity contribution in [3.63, 3.8) is 0 Å². The zero-order valence-corrected chi connectivity index (χ0v) is 12.1. The Bertz CT molecular complexity index is 510. The molecule has 1 unspecified atom stereocenters. The van der Waals surface area contributed by atoms with Crippen molar-refractivity contribution in [2.75, 3.05) is 5.75 Å². The standard InChI is InChI=1S/C14H19N3OS/c1-3-9-17-13(10-15-16-17)14(18)11-5-7-12(8-6-11)19-4-2/h5-8,10,14,18H,3-4,9H2,1-2H3. The second-order valence-electron chi connectivity index (χ2n) is 4.29. The predicted octanol–water partition coefficient (Wildman–Crippen LogP) is 2.88. The Kier molecular flexibility index (Phi) is 4.99. The third-order valence-corrected chi connectivity index (χ3v) is 3.76. The molecule has 19 heavy (non-hydrogen) atoms. The molecule has 1 N–H and O–H groups in total. The van der Waals surface area contributed by atoms with E-state index >= 15 is 0 Å². The number of benzene rings is 1. The summed E-state index contributed by atoms with van der Waals surface area (Å²) in [6, 6.07) is 8.01. The number of aromatic nitrogens is 3. The smallest absolute Gasteiger partial charge is 0.122 e. The fourth-order valence-electron chi connectivity index (χ4n) is 1.95. The van der Waals surface area contributed by atoms with Gasteiger partial charge in [-0.05, 0) is 29.9 Å². The van der Waals surface area contributed by atoms with E-state index in [0.29, 0.717) is 0 Å². The fourth-order valence-corrected chi connectivity index (χ4v) is 2.61. The van der Waals surface area contributed by atoms with Gasteiger partial charge in [-0.25, -0.2) is 4.68 Å². The number of aryl methyl sites for hydroxylation is 1. The molecule has 0 saturated carbocycles. The Labute approximate surface area is 117 Å². The first-order valence-corrected chi connectivity index (χ1v) is 7.54. The van der Waals surface area contributed by atoms with Crippen molar-refractivity contribution >= 4 is 11.8 Å². The summed E-state index contributed by atoms with van der Waals surface area (Å²) in [5.41, 5.74) is 1.62. The molecule has 4 nitrogen and oxygen atoms in total. The highest BCUT2D eigenvalue weighted by Crippen LogP contribution is 2.24. The van der Waals surface area contributed by atoms with E-state index in [1.54, 1.807) is 22.6 Å². The van der Waals surface area contributed by atoms with Gasteiger partial charge in [0, 0.05) is 11.4 Å². The molecule has 2 aromatic rings. The lowest BCUT2D eigenvalue weighted by Gasteiger charge is -2.12. The lowest BCUT2D eigenvalue weighted by molar-refractivity contribution is 0.207. The number of hydrogen-bond acceptors (Lipinski definition) is 4. The molecule has 102 valence electrons. The van der Waals surface area contributed by atoms with Gasteiger partial charge in [0.25, 0.3) is 0 Å². The maximum atomic E-state index is 10.4. The number of nitrogens with zero attached hydrogens (tertiary/aromatic N) is 3. The van der Waals surface area contributed by atoms with Crippen LogP contribution in [-0.2, 0) is 6.54 Å². The summed E-state index contributed by atoms with van der Waals surface area (Å²) in [5.74, 6) is 1.05. The summed E-state index contributed by atoms with van der Waals surface area (Å²) in [6.07, 6.45) is 1.94. The van der Waals surface area contributed by atoms with E-state index in [2.05, 4.69) is 24.2 Å². The second-order valence-corrected chi connectivity index (χ2v) is 5.62. The molecule has 0 saturated heterocycles. The summed E-state index contributed by atoms with van der Waals surface area (Å²) in [5, 5.41) is 18.3. The summed E-state index contributed by atoms with van der Waals surface area (Å²) in [6.45, 7) is 4.98. The maximum Gasteiger partial charge on any atom is 0.122 e. The zero-order valence-electron chi connectivity index (χ0n) is 11.3. The number of aliphatic hydroxyl groups is 1. The van der Waals surface area contributed by atoms with Gasteiger partial charge in [0.2, 0.25) is 0 Å². The summed E-state index contributed by atoms with van der Waals surface area (Å²) >= 11 is 1.79. The van der Waals surface area contributed by atoms with Crippen LogP contribution >= 0.6 is 11.8 Å². The highest BCUT2D eigenvalue weighted by Gasteiger charge is 2.15. The van der Waals surface area contributed by atoms with Crippen LogP contribution in [0.25, 0.3) is 0 Å². The molecule has 1 heterocycles. The minimum absolute atomic E-state index is 0.665. The lowest BCUT2D eigenvalue weighted by Crippen LogP contribution is -2.10. The minimum Gasteiger partial charge on any atom is -0.382 e. The lowest BCUT2D eigenvalue weighted by atomic mass is 10.1. The average Bonchev–Trinajstić information content (AvgIpc) is 2.88. The van der Waals surface area contributed by atoms with Gasteiger partial charge < -0.3 is 5.11 Å². The van der Waals surface area contributed by atoms with Crippen molar-refractivity contribution in [3.05, 3.63) is 41.7 Å². The van der Waals surface area contributed by atoms with Crippen LogP contribution in [-0.4, -0.2) is 25.9 Å². The van der Waals surface area contributed by atoms with Gasteiger partial charge in [-0.2, -0.15) is 0 Å². The largest absolute Gasteiger partial charge is 0.382 e. The summed E-state index contributed by atoms with van der Waals surface area (Å²) < 4.78 is 1.76. The number of thioether (sulfide) groups is 1. The minimum atomic E-state index is -0.665. The molecule has 0 fully saturated rings. The third kappa shape index (κ3) is 3.36.